The smallest absolute Gasteiger partial charge is 0.276 e. The van der Waals surface area contributed by atoms with Crippen LogP contribution >= 0.6 is 11.6 Å². The van der Waals surface area contributed by atoms with E-state index >= 15 is 0 Å². The molecule has 3 aromatic carbocycles. The molecule has 192 valence electrons. The van der Waals surface area contributed by atoms with E-state index in [0.717, 1.165) is 11.1 Å². The van der Waals surface area contributed by atoms with Crippen molar-refractivity contribution in [1.82, 2.24) is 19.9 Å². The molecule has 2 heterocycles. The molecule has 11 heteroatoms. The van der Waals surface area contributed by atoms with Crippen molar-refractivity contribution in [2.45, 2.75) is 6.61 Å². The predicted molar refractivity (Wildman–Crippen MR) is 144 cm³/mol. The SMILES string of the molecule is O=C(Nc1ccc(OCCOCc2ccccc2)cc1Cl)c1nc[nH]c1C(=O)Nc1nc2ccccc2[nH]1. The summed E-state index contributed by atoms with van der Waals surface area (Å²) < 4.78 is 11.3. The summed E-state index contributed by atoms with van der Waals surface area (Å²) in [6.07, 6.45) is 1.26. The van der Waals surface area contributed by atoms with E-state index in [2.05, 4.69) is 30.6 Å². The van der Waals surface area contributed by atoms with Crippen molar-refractivity contribution < 1.29 is 19.1 Å². The molecule has 0 fully saturated rings. The number of hydrogen-bond donors (Lipinski definition) is 4. The minimum atomic E-state index is -0.606. The maximum absolute atomic E-state index is 12.9. The summed E-state index contributed by atoms with van der Waals surface area (Å²) in [5.41, 5.74) is 2.79. The fourth-order valence-electron chi connectivity index (χ4n) is 3.67. The van der Waals surface area contributed by atoms with Crippen LogP contribution in [0, 0.1) is 0 Å². The lowest BCUT2D eigenvalue weighted by atomic mass is 10.2. The number of nitrogens with zero attached hydrogens (tertiary/aromatic N) is 2. The van der Waals surface area contributed by atoms with Crippen LogP contribution in [0.15, 0.2) is 79.1 Å². The Balaban J connectivity index is 1.15. The molecule has 38 heavy (non-hydrogen) atoms. The van der Waals surface area contributed by atoms with E-state index in [1.54, 1.807) is 18.2 Å². The van der Waals surface area contributed by atoms with Gasteiger partial charge >= 0.3 is 0 Å². The van der Waals surface area contributed by atoms with Gasteiger partial charge in [-0.2, -0.15) is 0 Å². The Labute approximate surface area is 222 Å². The quantitative estimate of drug-likeness (QED) is 0.187. The van der Waals surface area contributed by atoms with Gasteiger partial charge in [0, 0.05) is 6.07 Å². The lowest BCUT2D eigenvalue weighted by Crippen LogP contribution is -2.21. The zero-order valence-corrected chi connectivity index (χ0v) is 20.8. The monoisotopic (exact) mass is 530 g/mol. The molecule has 0 aliphatic heterocycles. The maximum atomic E-state index is 12.9. The second-order valence-electron chi connectivity index (χ2n) is 8.17. The molecule has 0 saturated carbocycles. The third-order valence-corrected chi connectivity index (χ3v) is 5.81. The van der Waals surface area contributed by atoms with Gasteiger partial charge in [0.15, 0.2) is 5.69 Å². The molecule has 0 aliphatic carbocycles. The van der Waals surface area contributed by atoms with Gasteiger partial charge in [0.25, 0.3) is 11.8 Å². The van der Waals surface area contributed by atoms with Gasteiger partial charge in [-0.15, -0.1) is 0 Å². The second kappa shape index (κ2) is 11.6. The van der Waals surface area contributed by atoms with Gasteiger partial charge < -0.3 is 24.8 Å². The average Bonchev–Trinajstić information content (AvgIpc) is 3.58. The normalized spacial score (nSPS) is 10.9. The van der Waals surface area contributed by atoms with Crippen LogP contribution in [0.25, 0.3) is 11.0 Å². The van der Waals surface area contributed by atoms with Crippen LogP contribution in [0.1, 0.15) is 26.5 Å². The van der Waals surface area contributed by atoms with E-state index in [4.69, 9.17) is 21.1 Å². The van der Waals surface area contributed by atoms with Gasteiger partial charge in [-0.3, -0.25) is 14.9 Å². The highest BCUT2D eigenvalue weighted by Crippen LogP contribution is 2.27. The largest absolute Gasteiger partial charge is 0.491 e. The van der Waals surface area contributed by atoms with E-state index in [1.807, 2.05) is 54.6 Å². The Kier molecular flexibility index (Phi) is 7.62. The first-order valence-corrected chi connectivity index (χ1v) is 12.1. The summed E-state index contributed by atoms with van der Waals surface area (Å²) in [5, 5.41) is 5.59. The molecule has 0 radical (unpaired) electrons. The molecule has 0 aliphatic rings. The lowest BCUT2D eigenvalue weighted by Gasteiger charge is -2.11. The van der Waals surface area contributed by atoms with E-state index in [1.165, 1.54) is 6.33 Å². The zero-order chi connectivity index (χ0) is 26.3. The fraction of sp³-hybridized carbons (Fsp3) is 0.111. The van der Waals surface area contributed by atoms with Crippen LogP contribution in [-0.4, -0.2) is 45.0 Å². The van der Waals surface area contributed by atoms with Crippen LogP contribution in [-0.2, 0) is 11.3 Å². The number of amides is 2. The topological polar surface area (TPSA) is 134 Å². The highest BCUT2D eigenvalue weighted by molar-refractivity contribution is 6.34. The minimum Gasteiger partial charge on any atom is -0.491 e. The van der Waals surface area contributed by atoms with Crippen LogP contribution in [0.4, 0.5) is 11.6 Å². The van der Waals surface area contributed by atoms with E-state index in [9.17, 15) is 9.59 Å². The molecular weight excluding hydrogens is 508 g/mol. The van der Waals surface area contributed by atoms with Gasteiger partial charge in [0.2, 0.25) is 5.95 Å². The minimum absolute atomic E-state index is 0.0189. The van der Waals surface area contributed by atoms with Gasteiger partial charge in [-0.1, -0.05) is 54.1 Å². The van der Waals surface area contributed by atoms with Crippen molar-refractivity contribution in [3.63, 3.8) is 0 Å². The summed E-state index contributed by atoms with van der Waals surface area (Å²) in [5.74, 6) is -0.398. The number of imidazole rings is 2. The van der Waals surface area contributed by atoms with Crippen molar-refractivity contribution in [3.8, 4) is 5.75 Å². The first-order valence-electron chi connectivity index (χ1n) is 11.7. The van der Waals surface area contributed by atoms with Gasteiger partial charge in [-0.25, -0.2) is 9.97 Å². The zero-order valence-electron chi connectivity index (χ0n) is 20.0. The van der Waals surface area contributed by atoms with Gasteiger partial charge in [-0.05, 0) is 29.8 Å². The standard InChI is InChI=1S/C27H23ClN6O4/c28-19-14-18(38-13-12-37-15-17-6-2-1-3-7-17)10-11-20(19)31-25(35)23-24(30-16-29-23)26(36)34-27-32-21-8-4-5-9-22(21)33-27/h1-11,14,16H,12-13,15H2,(H,29,30)(H,31,35)(H2,32,33,34,36). The molecule has 10 nitrogen and oxygen atoms in total. The summed E-state index contributed by atoms with van der Waals surface area (Å²) in [6.45, 7) is 1.25. The average molecular weight is 531 g/mol. The summed E-state index contributed by atoms with van der Waals surface area (Å²) in [4.78, 5) is 39.7. The number of nitrogens with one attached hydrogen (secondary N) is 4. The molecule has 5 rings (SSSR count). The van der Waals surface area contributed by atoms with Crippen molar-refractivity contribution in [1.29, 1.82) is 0 Å². The van der Waals surface area contributed by atoms with Crippen molar-refractivity contribution in [2.24, 2.45) is 0 Å². The molecule has 0 bridgehead atoms. The Morgan fingerprint density at radius 2 is 1.74 bits per heavy atom. The molecule has 4 N–H and O–H groups in total. The van der Waals surface area contributed by atoms with Crippen LogP contribution in [0.2, 0.25) is 5.02 Å². The van der Waals surface area contributed by atoms with Gasteiger partial charge in [0.1, 0.15) is 18.1 Å². The number of carbonyl (C=O) groups is 2. The van der Waals surface area contributed by atoms with Crippen LogP contribution < -0.4 is 15.4 Å². The number of para-hydroxylation sites is 2. The van der Waals surface area contributed by atoms with Crippen LogP contribution in [0.5, 0.6) is 5.75 Å². The number of anilines is 2. The number of halogens is 1. The fourth-order valence-corrected chi connectivity index (χ4v) is 3.89. The van der Waals surface area contributed by atoms with E-state index < -0.39 is 11.8 Å². The second-order valence-corrected chi connectivity index (χ2v) is 8.57. The molecule has 0 saturated heterocycles. The highest BCUT2D eigenvalue weighted by atomic mass is 35.5. The van der Waals surface area contributed by atoms with Crippen molar-refractivity contribution >= 4 is 46.1 Å². The molecule has 0 atom stereocenters. The Morgan fingerprint density at radius 3 is 2.55 bits per heavy atom. The Hall–Kier alpha value is -4.67. The lowest BCUT2D eigenvalue weighted by molar-refractivity contribution is 0.0889. The predicted octanol–water partition coefficient (Wildman–Crippen LogP) is 5.04. The van der Waals surface area contributed by atoms with E-state index in [0.29, 0.717) is 36.8 Å². The number of H-pyrrole nitrogens is 2. The third-order valence-electron chi connectivity index (χ3n) is 5.50. The van der Waals surface area contributed by atoms with Crippen molar-refractivity contribution in [3.05, 3.63) is 101 Å². The molecule has 5 aromatic rings. The summed E-state index contributed by atoms with van der Waals surface area (Å²) in [7, 11) is 0. The Morgan fingerprint density at radius 1 is 0.921 bits per heavy atom. The number of fused-ring (bicyclic) bond motifs is 1. The number of aromatic nitrogens is 4. The first kappa shape index (κ1) is 25.0. The number of hydrogen-bond acceptors (Lipinski definition) is 6. The molecule has 0 unspecified atom stereocenters. The maximum Gasteiger partial charge on any atom is 0.276 e. The Bertz CT molecular complexity index is 1530. The summed E-state index contributed by atoms with van der Waals surface area (Å²) >= 11 is 6.36. The molecule has 2 aromatic heterocycles. The third kappa shape index (κ3) is 6.00. The number of rotatable bonds is 10. The van der Waals surface area contributed by atoms with Gasteiger partial charge in [0.05, 0.1) is 41.3 Å². The molecule has 2 amide bonds. The number of ether oxygens (including phenoxy) is 2. The van der Waals surface area contributed by atoms with Crippen LogP contribution in [0.3, 0.4) is 0 Å². The molecular formula is C27H23ClN6O4. The molecule has 0 spiro atoms. The highest BCUT2D eigenvalue weighted by Gasteiger charge is 2.22. The first-order chi connectivity index (χ1) is 18.6. The summed E-state index contributed by atoms with van der Waals surface area (Å²) in [6, 6.07) is 22.1. The number of benzene rings is 3. The number of carbonyl (C=O) groups excluding carboxylic acids is 2. The van der Waals surface area contributed by atoms with E-state index in [-0.39, 0.29) is 22.4 Å². The number of aromatic amines is 2. The van der Waals surface area contributed by atoms with Crippen molar-refractivity contribution in [2.75, 3.05) is 23.8 Å².